The van der Waals surface area contributed by atoms with E-state index in [4.69, 9.17) is 16.7 Å². The van der Waals surface area contributed by atoms with Gasteiger partial charge in [-0.15, -0.1) is 0 Å². The first kappa shape index (κ1) is 12.0. The van der Waals surface area contributed by atoms with Crippen LogP contribution in [-0.4, -0.2) is 28.2 Å². The van der Waals surface area contributed by atoms with Crippen molar-refractivity contribution in [2.75, 3.05) is 18.5 Å². The maximum atomic E-state index is 12.3. The van der Waals surface area contributed by atoms with Gasteiger partial charge in [0.2, 0.25) is 0 Å². The van der Waals surface area contributed by atoms with E-state index >= 15 is 0 Å². The molecule has 0 aliphatic heterocycles. The van der Waals surface area contributed by atoms with Gasteiger partial charge in [-0.1, -0.05) is 11.6 Å². The topological polar surface area (TPSA) is 58.0 Å². The largest absolute Gasteiger partial charge is 0.435 e. The minimum absolute atomic E-state index is 0.0635. The number of rotatable bonds is 3. The van der Waals surface area contributed by atoms with Crippen LogP contribution in [0.4, 0.5) is 19.0 Å². The molecule has 1 rings (SSSR count). The van der Waals surface area contributed by atoms with Crippen molar-refractivity contribution in [3.63, 3.8) is 0 Å². The molecule has 0 aliphatic rings. The van der Waals surface area contributed by atoms with E-state index in [-0.39, 0.29) is 19.0 Å². The molecule has 0 spiro atoms. The Balaban J connectivity index is 3.01. The minimum Gasteiger partial charge on any atom is -0.395 e. The zero-order valence-electron chi connectivity index (χ0n) is 7.35. The van der Waals surface area contributed by atoms with Crippen molar-refractivity contribution >= 4 is 17.4 Å². The normalized spacial score (nSPS) is 11.5. The molecule has 1 heterocycles. The van der Waals surface area contributed by atoms with E-state index in [1.807, 2.05) is 0 Å². The predicted octanol–water partition coefficient (Wildman–Crippen LogP) is 1.55. The molecule has 0 fully saturated rings. The van der Waals surface area contributed by atoms with Gasteiger partial charge < -0.3 is 10.4 Å². The van der Waals surface area contributed by atoms with E-state index in [0.29, 0.717) is 0 Å². The van der Waals surface area contributed by atoms with Crippen LogP contribution >= 0.6 is 11.6 Å². The highest BCUT2D eigenvalue weighted by atomic mass is 35.5. The van der Waals surface area contributed by atoms with Gasteiger partial charge in [0.15, 0.2) is 5.69 Å². The highest BCUT2D eigenvalue weighted by Gasteiger charge is 2.36. The molecular formula is C7H7ClF3N3O. The SMILES string of the molecule is OCCNc1ncnc(C(F)(F)F)c1Cl. The van der Waals surface area contributed by atoms with Crippen LogP contribution in [0.15, 0.2) is 6.33 Å². The molecule has 8 heteroatoms. The molecule has 0 radical (unpaired) electrons. The molecule has 0 aromatic carbocycles. The molecule has 4 nitrogen and oxygen atoms in total. The Morgan fingerprint density at radius 3 is 2.60 bits per heavy atom. The Hall–Kier alpha value is -1.08. The smallest absolute Gasteiger partial charge is 0.395 e. The van der Waals surface area contributed by atoms with Gasteiger partial charge in [0.05, 0.1) is 6.61 Å². The number of nitrogens with one attached hydrogen (secondary N) is 1. The number of alkyl halides is 3. The molecule has 15 heavy (non-hydrogen) atoms. The Labute approximate surface area is 88.1 Å². The van der Waals surface area contributed by atoms with Crippen molar-refractivity contribution in [2.24, 2.45) is 0 Å². The molecule has 0 saturated heterocycles. The van der Waals surface area contributed by atoms with Crippen LogP contribution in [-0.2, 0) is 6.18 Å². The Morgan fingerprint density at radius 1 is 1.40 bits per heavy atom. The molecule has 2 N–H and O–H groups in total. The number of nitrogens with zero attached hydrogens (tertiary/aromatic N) is 2. The van der Waals surface area contributed by atoms with Crippen molar-refractivity contribution < 1.29 is 18.3 Å². The quantitative estimate of drug-likeness (QED) is 0.843. The zero-order valence-corrected chi connectivity index (χ0v) is 8.10. The minimum atomic E-state index is -4.62. The fourth-order valence-corrected chi connectivity index (χ4v) is 1.14. The highest BCUT2D eigenvalue weighted by Crippen LogP contribution is 2.35. The molecule has 0 bridgehead atoms. The summed E-state index contributed by atoms with van der Waals surface area (Å²) < 4.78 is 36.9. The van der Waals surface area contributed by atoms with Gasteiger partial charge in [-0.2, -0.15) is 13.2 Å². The van der Waals surface area contributed by atoms with E-state index in [9.17, 15) is 13.2 Å². The number of hydrogen-bond acceptors (Lipinski definition) is 4. The summed E-state index contributed by atoms with van der Waals surface area (Å²) >= 11 is 5.44. The van der Waals surface area contributed by atoms with Gasteiger partial charge in [0.1, 0.15) is 17.2 Å². The van der Waals surface area contributed by atoms with E-state index < -0.39 is 16.9 Å². The highest BCUT2D eigenvalue weighted by molar-refractivity contribution is 6.33. The summed E-state index contributed by atoms with van der Waals surface area (Å²) in [6.45, 7) is -0.171. The van der Waals surface area contributed by atoms with Crippen LogP contribution in [0.25, 0.3) is 0 Å². The Bertz CT molecular complexity index is 345. The molecule has 84 valence electrons. The van der Waals surface area contributed by atoms with Crippen LogP contribution < -0.4 is 5.32 Å². The second kappa shape index (κ2) is 4.63. The van der Waals surface area contributed by atoms with Crippen LogP contribution in [0.3, 0.4) is 0 Å². The fraction of sp³-hybridized carbons (Fsp3) is 0.429. The lowest BCUT2D eigenvalue weighted by Crippen LogP contribution is -2.13. The van der Waals surface area contributed by atoms with Gasteiger partial charge in [0.25, 0.3) is 0 Å². The van der Waals surface area contributed by atoms with Crippen LogP contribution in [0.2, 0.25) is 5.02 Å². The average Bonchev–Trinajstić information content (AvgIpc) is 2.14. The first-order chi connectivity index (χ1) is 6.96. The monoisotopic (exact) mass is 241 g/mol. The summed E-state index contributed by atoms with van der Waals surface area (Å²) in [7, 11) is 0. The Morgan fingerprint density at radius 2 is 2.07 bits per heavy atom. The lowest BCUT2D eigenvalue weighted by Gasteiger charge is -2.10. The molecule has 0 saturated carbocycles. The number of aromatic nitrogens is 2. The number of hydrogen-bond donors (Lipinski definition) is 2. The van der Waals surface area contributed by atoms with Crippen LogP contribution in [0.1, 0.15) is 5.69 Å². The third kappa shape index (κ3) is 2.93. The number of anilines is 1. The van der Waals surface area contributed by atoms with Gasteiger partial charge in [-0.05, 0) is 0 Å². The molecule has 1 aromatic rings. The molecular weight excluding hydrogens is 235 g/mol. The summed E-state index contributed by atoms with van der Waals surface area (Å²) in [5.74, 6) is -0.145. The van der Waals surface area contributed by atoms with Gasteiger partial charge in [0, 0.05) is 6.54 Å². The number of aliphatic hydroxyl groups excluding tert-OH is 1. The zero-order chi connectivity index (χ0) is 11.5. The maximum Gasteiger partial charge on any atom is 0.435 e. The van der Waals surface area contributed by atoms with Crippen molar-refractivity contribution in [1.82, 2.24) is 9.97 Å². The van der Waals surface area contributed by atoms with Crippen molar-refractivity contribution in [2.45, 2.75) is 6.18 Å². The van der Waals surface area contributed by atoms with E-state index in [2.05, 4.69) is 15.3 Å². The summed E-state index contributed by atoms with van der Waals surface area (Å²) in [6.07, 6.45) is -3.86. The third-order valence-corrected chi connectivity index (χ3v) is 1.82. The molecule has 1 aromatic heterocycles. The Kier molecular flexibility index (Phi) is 3.70. The van der Waals surface area contributed by atoms with Crippen LogP contribution in [0, 0.1) is 0 Å². The van der Waals surface area contributed by atoms with Crippen LogP contribution in [0.5, 0.6) is 0 Å². The van der Waals surface area contributed by atoms with E-state index in [1.54, 1.807) is 0 Å². The van der Waals surface area contributed by atoms with Crippen molar-refractivity contribution in [1.29, 1.82) is 0 Å². The number of halogens is 4. The first-order valence-corrected chi connectivity index (χ1v) is 4.27. The first-order valence-electron chi connectivity index (χ1n) is 3.89. The summed E-state index contributed by atoms with van der Waals surface area (Å²) in [4.78, 5) is 6.57. The average molecular weight is 242 g/mol. The van der Waals surface area contributed by atoms with Gasteiger partial charge in [-0.25, -0.2) is 9.97 Å². The lowest BCUT2D eigenvalue weighted by atomic mass is 10.3. The number of aliphatic hydroxyl groups is 1. The lowest BCUT2D eigenvalue weighted by molar-refractivity contribution is -0.141. The molecule has 0 unspecified atom stereocenters. The summed E-state index contributed by atoms with van der Waals surface area (Å²) in [5.41, 5.74) is -1.19. The molecule has 0 atom stereocenters. The molecule has 0 aliphatic carbocycles. The summed E-state index contributed by atoms with van der Waals surface area (Å²) in [5, 5.41) is 10.3. The van der Waals surface area contributed by atoms with Crippen molar-refractivity contribution in [3.05, 3.63) is 17.0 Å². The van der Waals surface area contributed by atoms with E-state index in [1.165, 1.54) is 0 Å². The summed E-state index contributed by atoms with van der Waals surface area (Å²) in [6, 6.07) is 0. The third-order valence-electron chi connectivity index (χ3n) is 1.46. The molecule has 0 amide bonds. The van der Waals surface area contributed by atoms with E-state index in [0.717, 1.165) is 6.33 Å². The van der Waals surface area contributed by atoms with Gasteiger partial charge in [-0.3, -0.25) is 0 Å². The van der Waals surface area contributed by atoms with Crippen molar-refractivity contribution in [3.8, 4) is 0 Å². The van der Waals surface area contributed by atoms with Gasteiger partial charge >= 0.3 is 6.18 Å². The fourth-order valence-electron chi connectivity index (χ4n) is 0.865. The second-order valence-corrected chi connectivity index (χ2v) is 2.91. The predicted molar refractivity (Wildman–Crippen MR) is 47.6 cm³/mol. The standard InChI is InChI=1S/C7H7ClF3N3O/c8-4-5(7(9,10)11)13-3-14-6(4)12-1-2-15/h3,15H,1-2H2,(H,12,13,14). The maximum absolute atomic E-state index is 12.3. The second-order valence-electron chi connectivity index (χ2n) is 2.53.